The maximum absolute atomic E-state index is 13.1. The number of nitrogens with one attached hydrogen (secondary N) is 1. The van der Waals surface area contributed by atoms with E-state index in [0.717, 1.165) is 24.8 Å². The summed E-state index contributed by atoms with van der Waals surface area (Å²) in [5.41, 5.74) is 0.573. The van der Waals surface area contributed by atoms with E-state index in [2.05, 4.69) is 17.4 Å². The lowest BCUT2D eigenvalue weighted by atomic mass is 9.90. The number of carbonyl (C=O) groups is 1. The van der Waals surface area contributed by atoms with E-state index in [1.54, 1.807) is 17.0 Å². The van der Waals surface area contributed by atoms with Gasteiger partial charge in [0.05, 0.1) is 0 Å². The minimum Gasteiger partial charge on any atom is -0.379 e. The summed E-state index contributed by atoms with van der Waals surface area (Å²) >= 11 is 0. The van der Waals surface area contributed by atoms with E-state index >= 15 is 0 Å². The molecule has 1 aliphatic carbocycles. The van der Waals surface area contributed by atoms with Crippen LogP contribution in [0.15, 0.2) is 54.6 Å². The Kier molecular flexibility index (Phi) is 4.74. The molecule has 2 aromatic carbocycles. The van der Waals surface area contributed by atoms with Gasteiger partial charge in [-0.05, 0) is 48.9 Å². The highest BCUT2D eigenvalue weighted by Gasteiger charge is 2.48. The molecule has 2 fully saturated rings. The Morgan fingerprint density at radius 2 is 1.74 bits per heavy atom. The van der Waals surface area contributed by atoms with Gasteiger partial charge < -0.3 is 15.3 Å². The Balaban J connectivity index is 1.42. The van der Waals surface area contributed by atoms with E-state index in [1.165, 1.54) is 17.7 Å². The summed E-state index contributed by atoms with van der Waals surface area (Å²) in [6, 6.07) is 16.4. The molecular weight excluding hydrogens is 343 g/mol. The van der Waals surface area contributed by atoms with Crippen molar-refractivity contribution >= 4 is 5.91 Å². The van der Waals surface area contributed by atoms with Gasteiger partial charge in [0.1, 0.15) is 5.82 Å². The van der Waals surface area contributed by atoms with Crippen LogP contribution in [0.5, 0.6) is 0 Å². The van der Waals surface area contributed by atoms with Crippen LogP contribution in [0.3, 0.4) is 0 Å². The molecule has 0 bridgehead atoms. The van der Waals surface area contributed by atoms with Crippen molar-refractivity contribution in [3.05, 3.63) is 71.5 Å². The molecule has 4 rings (SSSR count). The number of likely N-dealkylation sites (tertiary alicyclic amines) is 1. The number of hydrogen-bond donors (Lipinski definition) is 2. The highest BCUT2D eigenvalue weighted by atomic mass is 19.1. The third-order valence-corrected chi connectivity index (χ3v) is 5.79. The molecule has 1 heterocycles. The molecule has 0 radical (unpaired) electrons. The Morgan fingerprint density at radius 1 is 1.04 bits per heavy atom. The molecule has 2 N–H and O–H groups in total. The highest BCUT2D eigenvalue weighted by Crippen LogP contribution is 2.45. The zero-order valence-electron chi connectivity index (χ0n) is 15.3. The third-order valence-electron chi connectivity index (χ3n) is 5.79. The van der Waals surface area contributed by atoms with Gasteiger partial charge >= 0.3 is 0 Å². The number of benzene rings is 2. The van der Waals surface area contributed by atoms with Gasteiger partial charge in [-0.15, -0.1) is 0 Å². The number of hydrogen-bond acceptors (Lipinski definition) is 3. The number of carbonyl (C=O) groups excluding carboxylic acids is 1. The quantitative estimate of drug-likeness (QED) is 0.824. The molecule has 5 heteroatoms. The van der Waals surface area contributed by atoms with Crippen LogP contribution < -0.4 is 5.32 Å². The first kappa shape index (κ1) is 18.1. The lowest BCUT2D eigenvalue weighted by Gasteiger charge is -2.39. The smallest absolute Gasteiger partial charge is 0.256 e. The molecule has 1 saturated carbocycles. The van der Waals surface area contributed by atoms with Gasteiger partial charge in [0.2, 0.25) is 0 Å². The van der Waals surface area contributed by atoms with Crippen molar-refractivity contribution in [2.75, 3.05) is 13.1 Å². The third kappa shape index (κ3) is 3.75. The van der Waals surface area contributed by atoms with Crippen molar-refractivity contribution in [1.29, 1.82) is 0 Å². The summed E-state index contributed by atoms with van der Waals surface area (Å²) in [7, 11) is 0. The molecule has 2 aromatic rings. The summed E-state index contributed by atoms with van der Waals surface area (Å²) in [5, 5.41) is 14.5. The summed E-state index contributed by atoms with van der Waals surface area (Å²) in [4.78, 5) is 14.6. The van der Waals surface area contributed by atoms with Gasteiger partial charge in [-0.1, -0.05) is 42.5 Å². The number of nitrogens with zero attached hydrogens (tertiary/aromatic N) is 1. The van der Waals surface area contributed by atoms with Crippen LogP contribution in [0, 0.1) is 5.82 Å². The van der Waals surface area contributed by atoms with Crippen molar-refractivity contribution < 1.29 is 14.3 Å². The maximum atomic E-state index is 13.1. The van der Waals surface area contributed by atoms with Crippen molar-refractivity contribution in [2.45, 2.75) is 43.4 Å². The largest absolute Gasteiger partial charge is 0.379 e. The fraction of sp³-hybridized carbons (Fsp3) is 0.409. The Morgan fingerprint density at radius 3 is 2.41 bits per heavy atom. The summed E-state index contributed by atoms with van der Waals surface area (Å²) < 4.78 is 13.1. The van der Waals surface area contributed by atoms with Crippen molar-refractivity contribution in [1.82, 2.24) is 10.2 Å². The van der Waals surface area contributed by atoms with Gasteiger partial charge in [-0.2, -0.15) is 0 Å². The second-order valence-electron chi connectivity index (χ2n) is 7.79. The minimum absolute atomic E-state index is 0.115. The average molecular weight is 368 g/mol. The number of halogens is 1. The van der Waals surface area contributed by atoms with E-state index in [9.17, 15) is 14.3 Å². The van der Waals surface area contributed by atoms with Crippen LogP contribution in [0.2, 0.25) is 0 Å². The van der Waals surface area contributed by atoms with Crippen LogP contribution in [0.4, 0.5) is 4.39 Å². The Hall–Kier alpha value is -2.24. The predicted molar refractivity (Wildman–Crippen MR) is 101 cm³/mol. The molecular formula is C22H25FN2O2. The van der Waals surface area contributed by atoms with Crippen molar-refractivity contribution in [3.63, 3.8) is 0 Å². The van der Waals surface area contributed by atoms with Gasteiger partial charge in [-0.25, -0.2) is 4.39 Å². The first-order valence-corrected chi connectivity index (χ1v) is 9.58. The predicted octanol–water partition coefficient (Wildman–Crippen LogP) is 2.96. The van der Waals surface area contributed by atoms with Gasteiger partial charge in [-0.3, -0.25) is 4.79 Å². The summed E-state index contributed by atoms with van der Waals surface area (Å²) in [6.07, 6.45) is 3.24. The molecule has 4 nitrogen and oxygen atoms in total. The van der Waals surface area contributed by atoms with Crippen LogP contribution in [-0.2, 0) is 16.9 Å². The number of aliphatic hydroxyl groups is 1. The standard InChI is InChI=1S/C22H25FN2O2/c23-19-9-7-17(8-10-19)15-25-14-4-11-22(27,20(25)26)16-24-21(12-13-21)18-5-2-1-3-6-18/h1-3,5-10,24,27H,4,11-16H2/t22-/m0/s1. The van der Waals surface area contributed by atoms with E-state index in [4.69, 9.17) is 0 Å². The van der Waals surface area contributed by atoms with E-state index < -0.39 is 5.60 Å². The van der Waals surface area contributed by atoms with E-state index in [-0.39, 0.29) is 23.8 Å². The normalized spacial score (nSPS) is 24.1. The molecule has 1 atom stereocenters. The van der Waals surface area contributed by atoms with Crippen molar-refractivity contribution in [2.24, 2.45) is 0 Å². The average Bonchev–Trinajstić information content (AvgIpc) is 3.48. The SMILES string of the molecule is O=C1N(Cc2ccc(F)cc2)CCC[C@]1(O)CNC1(c2ccccc2)CC1. The molecule has 2 aliphatic rings. The van der Waals surface area contributed by atoms with E-state index in [1.807, 2.05) is 18.2 Å². The molecule has 1 aliphatic heterocycles. The Labute approximate surface area is 159 Å². The molecule has 0 spiro atoms. The van der Waals surface area contributed by atoms with Gasteiger partial charge in [0, 0.05) is 25.2 Å². The van der Waals surface area contributed by atoms with Gasteiger partial charge in [0.15, 0.2) is 5.60 Å². The van der Waals surface area contributed by atoms with E-state index in [0.29, 0.717) is 19.5 Å². The molecule has 1 amide bonds. The van der Waals surface area contributed by atoms with Crippen LogP contribution in [0.25, 0.3) is 0 Å². The van der Waals surface area contributed by atoms with Crippen LogP contribution in [-0.4, -0.2) is 34.6 Å². The van der Waals surface area contributed by atoms with Crippen molar-refractivity contribution in [3.8, 4) is 0 Å². The lowest BCUT2D eigenvalue weighted by molar-refractivity contribution is -0.157. The van der Waals surface area contributed by atoms with Gasteiger partial charge in [0.25, 0.3) is 5.91 Å². The fourth-order valence-electron chi connectivity index (χ4n) is 3.96. The topological polar surface area (TPSA) is 52.6 Å². The number of amides is 1. The number of rotatable bonds is 6. The first-order chi connectivity index (χ1) is 13.0. The lowest BCUT2D eigenvalue weighted by Crippen LogP contribution is -2.58. The molecule has 0 aromatic heterocycles. The monoisotopic (exact) mass is 368 g/mol. The summed E-state index contributed by atoms with van der Waals surface area (Å²) in [6.45, 7) is 1.26. The highest BCUT2D eigenvalue weighted by molar-refractivity contribution is 5.86. The molecule has 142 valence electrons. The van der Waals surface area contributed by atoms with Crippen LogP contribution >= 0.6 is 0 Å². The zero-order valence-corrected chi connectivity index (χ0v) is 15.3. The maximum Gasteiger partial charge on any atom is 0.256 e. The fourth-order valence-corrected chi connectivity index (χ4v) is 3.96. The molecule has 27 heavy (non-hydrogen) atoms. The first-order valence-electron chi connectivity index (χ1n) is 9.58. The van der Waals surface area contributed by atoms with Crippen LogP contribution in [0.1, 0.15) is 36.8 Å². The Bertz CT molecular complexity index is 805. The second kappa shape index (κ2) is 7.06. The second-order valence-corrected chi connectivity index (χ2v) is 7.79. The molecule has 0 unspecified atom stereocenters. The number of piperidine rings is 1. The zero-order chi connectivity index (χ0) is 18.9. The summed E-state index contributed by atoms with van der Waals surface area (Å²) in [5.74, 6) is -0.533. The minimum atomic E-state index is -1.39. The molecule has 1 saturated heterocycles.